The Hall–Kier alpha value is -3.59. The first-order chi connectivity index (χ1) is 16.7. The number of carbonyl (C=O) groups excluding carboxylic acids is 2. The van der Waals surface area contributed by atoms with E-state index in [2.05, 4.69) is 10.2 Å². The first-order valence-electron chi connectivity index (χ1n) is 11.3. The highest BCUT2D eigenvalue weighted by atomic mass is 19.4. The number of hydrogen-bond donors (Lipinski definition) is 1. The van der Waals surface area contributed by atoms with E-state index in [0.717, 1.165) is 42.9 Å². The van der Waals surface area contributed by atoms with Crippen LogP contribution in [0.5, 0.6) is 0 Å². The zero-order valence-corrected chi connectivity index (χ0v) is 19.3. The molecule has 0 aliphatic carbocycles. The van der Waals surface area contributed by atoms with Crippen molar-refractivity contribution in [2.45, 2.75) is 26.1 Å². The molecule has 2 aromatic carbocycles. The van der Waals surface area contributed by atoms with Crippen molar-refractivity contribution >= 4 is 17.5 Å². The van der Waals surface area contributed by atoms with E-state index in [1.54, 1.807) is 4.90 Å². The van der Waals surface area contributed by atoms with Gasteiger partial charge in [0.15, 0.2) is 5.76 Å². The number of anilines is 1. The second-order valence-electron chi connectivity index (χ2n) is 8.54. The Morgan fingerprint density at radius 2 is 1.74 bits per heavy atom. The maximum atomic E-state index is 13.0. The minimum absolute atomic E-state index is 0.111. The molecule has 1 aliphatic rings. The number of benzene rings is 2. The van der Waals surface area contributed by atoms with Crippen LogP contribution in [0.4, 0.5) is 18.9 Å². The van der Waals surface area contributed by atoms with Gasteiger partial charge in [0.2, 0.25) is 5.91 Å². The lowest BCUT2D eigenvalue weighted by Gasteiger charge is -2.21. The van der Waals surface area contributed by atoms with Gasteiger partial charge in [-0.2, -0.15) is 13.2 Å². The quantitative estimate of drug-likeness (QED) is 0.535. The largest absolute Gasteiger partial charge is 0.451 e. The van der Waals surface area contributed by atoms with Crippen molar-refractivity contribution in [3.63, 3.8) is 0 Å². The van der Waals surface area contributed by atoms with Gasteiger partial charge in [-0.15, -0.1) is 0 Å². The van der Waals surface area contributed by atoms with E-state index < -0.39 is 11.7 Å². The van der Waals surface area contributed by atoms with Crippen LogP contribution in [0.3, 0.4) is 0 Å². The van der Waals surface area contributed by atoms with Crippen LogP contribution in [-0.4, -0.2) is 47.8 Å². The summed E-state index contributed by atoms with van der Waals surface area (Å²) in [6, 6.07) is 15.6. The summed E-state index contributed by atoms with van der Waals surface area (Å²) in [7, 11) is 0. The molecular formula is C26H26F3N3O3. The second-order valence-corrected chi connectivity index (χ2v) is 8.54. The minimum atomic E-state index is -4.45. The van der Waals surface area contributed by atoms with Crippen LogP contribution in [0.15, 0.2) is 65.1 Å². The molecule has 1 N–H and O–H groups in total. The van der Waals surface area contributed by atoms with Gasteiger partial charge in [-0.1, -0.05) is 24.3 Å². The molecule has 6 nitrogen and oxygen atoms in total. The molecule has 2 amide bonds. The Kier molecular flexibility index (Phi) is 7.25. The Morgan fingerprint density at radius 1 is 0.971 bits per heavy atom. The number of halogens is 3. The number of amides is 2. The standard InChI is InChI=1S/C26H26F3N3O3/c1-18(33)30-22-8-6-19(7-9-22)17-31-12-3-13-32(15-14-31)25(34)24-11-10-23(35-24)20-4-2-5-21(16-20)26(27,28)29/h2,4-11,16H,3,12-15,17H2,1H3,(H,30,33). The number of carbonyl (C=O) groups is 2. The van der Waals surface area contributed by atoms with Crippen molar-refractivity contribution in [3.8, 4) is 11.3 Å². The third kappa shape index (κ3) is 6.30. The molecule has 9 heteroatoms. The molecule has 1 fully saturated rings. The highest BCUT2D eigenvalue weighted by molar-refractivity contribution is 5.92. The third-order valence-electron chi connectivity index (χ3n) is 5.85. The van der Waals surface area contributed by atoms with E-state index in [0.29, 0.717) is 19.6 Å². The zero-order chi connectivity index (χ0) is 25.0. The van der Waals surface area contributed by atoms with Crippen LogP contribution in [-0.2, 0) is 17.5 Å². The van der Waals surface area contributed by atoms with Gasteiger partial charge >= 0.3 is 6.18 Å². The molecular weight excluding hydrogens is 459 g/mol. The summed E-state index contributed by atoms with van der Waals surface area (Å²) in [6.07, 6.45) is -3.66. The second kappa shape index (κ2) is 10.4. The monoisotopic (exact) mass is 485 g/mol. The van der Waals surface area contributed by atoms with E-state index in [1.807, 2.05) is 24.3 Å². The predicted molar refractivity (Wildman–Crippen MR) is 126 cm³/mol. The molecule has 1 aromatic heterocycles. The van der Waals surface area contributed by atoms with Crippen molar-refractivity contribution in [1.82, 2.24) is 9.80 Å². The van der Waals surface area contributed by atoms with E-state index in [-0.39, 0.29) is 28.9 Å². The molecule has 4 rings (SSSR count). The van der Waals surface area contributed by atoms with E-state index in [9.17, 15) is 22.8 Å². The minimum Gasteiger partial charge on any atom is -0.451 e. The topological polar surface area (TPSA) is 65.8 Å². The van der Waals surface area contributed by atoms with E-state index in [4.69, 9.17) is 4.42 Å². The van der Waals surface area contributed by atoms with Crippen molar-refractivity contribution in [2.75, 3.05) is 31.5 Å². The summed E-state index contributed by atoms with van der Waals surface area (Å²) in [4.78, 5) is 28.2. The first kappa shape index (κ1) is 24.5. The van der Waals surface area contributed by atoms with Gasteiger partial charge in [0, 0.05) is 50.9 Å². The number of hydrogen-bond acceptors (Lipinski definition) is 4. The van der Waals surface area contributed by atoms with Gasteiger partial charge < -0.3 is 14.6 Å². The van der Waals surface area contributed by atoms with Crippen LogP contribution in [0.25, 0.3) is 11.3 Å². The number of furan rings is 1. The van der Waals surface area contributed by atoms with Gasteiger partial charge in [0.25, 0.3) is 5.91 Å². The number of rotatable bonds is 5. The fourth-order valence-electron chi connectivity index (χ4n) is 4.10. The lowest BCUT2D eigenvalue weighted by atomic mass is 10.1. The van der Waals surface area contributed by atoms with Gasteiger partial charge in [-0.25, -0.2) is 0 Å². The summed E-state index contributed by atoms with van der Waals surface area (Å²) in [5, 5.41) is 2.75. The Labute approximate surface area is 201 Å². The lowest BCUT2D eigenvalue weighted by Crippen LogP contribution is -2.34. The van der Waals surface area contributed by atoms with Crippen LogP contribution in [0, 0.1) is 0 Å². The molecule has 0 unspecified atom stereocenters. The smallest absolute Gasteiger partial charge is 0.416 e. The average Bonchev–Trinajstić information content (AvgIpc) is 3.20. The first-order valence-corrected chi connectivity index (χ1v) is 11.3. The predicted octanol–water partition coefficient (Wildman–Crippen LogP) is 5.27. The van der Waals surface area contributed by atoms with Crippen molar-refractivity contribution in [1.29, 1.82) is 0 Å². The summed E-state index contributed by atoms with van der Waals surface area (Å²) in [5.41, 5.74) is 1.36. The SMILES string of the molecule is CC(=O)Nc1ccc(CN2CCCN(C(=O)c3ccc(-c4cccc(C(F)(F)F)c4)o3)CC2)cc1. The van der Waals surface area contributed by atoms with Gasteiger partial charge in [-0.3, -0.25) is 14.5 Å². The van der Waals surface area contributed by atoms with Crippen molar-refractivity contribution in [2.24, 2.45) is 0 Å². The Morgan fingerprint density at radius 3 is 2.46 bits per heavy atom. The Balaban J connectivity index is 1.37. The van der Waals surface area contributed by atoms with Gasteiger partial charge in [0.05, 0.1) is 5.56 Å². The van der Waals surface area contributed by atoms with Crippen molar-refractivity contribution < 1.29 is 27.2 Å². The van der Waals surface area contributed by atoms with E-state index in [1.165, 1.54) is 31.2 Å². The van der Waals surface area contributed by atoms with Crippen LogP contribution in [0.2, 0.25) is 0 Å². The molecule has 3 aromatic rings. The molecule has 184 valence electrons. The zero-order valence-electron chi connectivity index (χ0n) is 19.3. The number of nitrogens with one attached hydrogen (secondary N) is 1. The fourth-order valence-corrected chi connectivity index (χ4v) is 4.10. The summed E-state index contributed by atoms with van der Waals surface area (Å²) in [5.74, 6) is -0.0590. The Bertz CT molecular complexity index is 1190. The number of nitrogens with zero attached hydrogens (tertiary/aromatic N) is 2. The van der Waals surface area contributed by atoms with Crippen LogP contribution in [0.1, 0.15) is 35.0 Å². The molecule has 0 bridgehead atoms. The lowest BCUT2D eigenvalue weighted by molar-refractivity contribution is -0.137. The van der Waals surface area contributed by atoms with Crippen molar-refractivity contribution in [3.05, 3.63) is 77.6 Å². The molecule has 0 atom stereocenters. The molecule has 0 saturated carbocycles. The fraction of sp³-hybridized carbons (Fsp3) is 0.308. The molecule has 35 heavy (non-hydrogen) atoms. The molecule has 1 aliphatic heterocycles. The number of alkyl halides is 3. The van der Waals surface area contributed by atoms with E-state index >= 15 is 0 Å². The normalized spacial score (nSPS) is 15.0. The summed E-state index contributed by atoms with van der Waals surface area (Å²) < 4.78 is 44.7. The molecule has 0 radical (unpaired) electrons. The molecule has 0 spiro atoms. The third-order valence-corrected chi connectivity index (χ3v) is 5.85. The van der Waals surface area contributed by atoms with Crippen LogP contribution < -0.4 is 5.32 Å². The van der Waals surface area contributed by atoms with Gasteiger partial charge in [0.1, 0.15) is 5.76 Å². The maximum absolute atomic E-state index is 13.0. The molecule has 1 saturated heterocycles. The molecule has 2 heterocycles. The van der Waals surface area contributed by atoms with Gasteiger partial charge in [-0.05, 0) is 48.4 Å². The van der Waals surface area contributed by atoms with Crippen LogP contribution >= 0.6 is 0 Å². The summed E-state index contributed by atoms with van der Waals surface area (Å²) in [6.45, 7) is 4.78. The highest BCUT2D eigenvalue weighted by Crippen LogP contribution is 2.32. The average molecular weight is 486 g/mol. The highest BCUT2D eigenvalue weighted by Gasteiger charge is 2.31. The maximum Gasteiger partial charge on any atom is 0.416 e. The summed E-state index contributed by atoms with van der Waals surface area (Å²) >= 11 is 0.